The number of benzene rings is 3. The minimum Gasteiger partial charge on any atom is -0.451 e. The predicted octanol–water partition coefficient (Wildman–Crippen LogP) is 5.44. The number of carbonyl (C=O) groups is 3. The molecule has 0 saturated heterocycles. The van der Waals surface area contributed by atoms with Crippen LogP contribution < -0.4 is 5.32 Å². The number of halogens is 1. The fourth-order valence-corrected chi connectivity index (χ4v) is 2.99. The van der Waals surface area contributed by atoms with Gasteiger partial charge in [0.1, 0.15) is 0 Å². The van der Waals surface area contributed by atoms with E-state index in [0.29, 0.717) is 22.4 Å². The molecule has 0 radical (unpaired) electrons. The number of amides is 1. The van der Waals surface area contributed by atoms with E-state index < -0.39 is 12.1 Å². The molecule has 0 aliphatic heterocycles. The quantitative estimate of drug-likeness (QED) is 0.388. The van der Waals surface area contributed by atoms with Crippen molar-refractivity contribution < 1.29 is 19.1 Å². The van der Waals surface area contributed by atoms with Crippen LogP contribution in [0.3, 0.4) is 0 Å². The topological polar surface area (TPSA) is 72.5 Å². The van der Waals surface area contributed by atoms with E-state index >= 15 is 0 Å². The first kappa shape index (κ1) is 21.5. The molecule has 152 valence electrons. The molecule has 0 spiro atoms. The molecule has 0 bridgehead atoms. The smallest absolute Gasteiger partial charge is 0.338 e. The summed E-state index contributed by atoms with van der Waals surface area (Å²) in [4.78, 5) is 37.1. The molecule has 3 aromatic carbocycles. The largest absolute Gasteiger partial charge is 0.451 e. The zero-order chi connectivity index (χ0) is 21.7. The highest BCUT2D eigenvalue weighted by Crippen LogP contribution is 2.16. The first-order valence-corrected chi connectivity index (χ1v) is 10.1. The van der Waals surface area contributed by atoms with Crippen LogP contribution in [0.25, 0.3) is 0 Å². The summed E-state index contributed by atoms with van der Waals surface area (Å²) in [5.41, 5.74) is 2.89. The fraction of sp³-hybridized carbons (Fsp3) is 0.125. The standard InChI is InChI=1S/C24H20BrNO4/c1-15-3-5-17(6-4-15)22(27)16(2)30-24(29)19-9-13-21(14-10-19)26-23(28)18-7-11-20(25)12-8-18/h3-14,16H,1-2H3,(H,26,28)/t16-/m0/s1. The highest BCUT2D eigenvalue weighted by Gasteiger charge is 2.20. The Labute approximate surface area is 183 Å². The van der Waals surface area contributed by atoms with Gasteiger partial charge in [0.05, 0.1) is 5.56 Å². The molecular weight excluding hydrogens is 446 g/mol. The van der Waals surface area contributed by atoms with E-state index in [1.165, 1.54) is 0 Å². The van der Waals surface area contributed by atoms with Crippen molar-refractivity contribution in [1.82, 2.24) is 0 Å². The molecule has 3 rings (SSSR count). The molecule has 0 aliphatic rings. The molecule has 6 heteroatoms. The van der Waals surface area contributed by atoms with E-state index in [2.05, 4.69) is 21.2 Å². The van der Waals surface area contributed by atoms with Crippen LogP contribution in [-0.4, -0.2) is 23.8 Å². The second kappa shape index (κ2) is 9.50. The van der Waals surface area contributed by atoms with Gasteiger partial charge in [0.15, 0.2) is 6.10 Å². The Morgan fingerprint density at radius 3 is 1.93 bits per heavy atom. The van der Waals surface area contributed by atoms with Crippen molar-refractivity contribution in [3.8, 4) is 0 Å². The number of carbonyl (C=O) groups excluding carboxylic acids is 3. The van der Waals surface area contributed by atoms with E-state index in [-0.39, 0.29) is 11.7 Å². The van der Waals surface area contributed by atoms with Crippen molar-refractivity contribution in [2.75, 3.05) is 5.32 Å². The Balaban J connectivity index is 1.60. The molecule has 0 unspecified atom stereocenters. The van der Waals surface area contributed by atoms with E-state index in [4.69, 9.17) is 4.74 Å². The fourth-order valence-electron chi connectivity index (χ4n) is 2.73. The van der Waals surface area contributed by atoms with Crippen LogP contribution in [0, 0.1) is 6.92 Å². The Kier molecular flexibility index (Phi) is 6.79. The number of nitrogens with one attached hydrogen (secondary N) is 1. The maximum absolute atomic E-state index is 12.4. The molecular formula is C24H20BrNO4. The molecule has 0 heterocycles. The van der Waals surface area contributed by atoms with Crippen LogP contribution >= 0.6 is 15.9 Å². The van der Waals surface area contributed by atoms with E-state index in [9.17, 15) is 14.4 Å². The van der Waals surface area contributed by atoms with Crippen molar-refractivity contribution in [2.45, 2.75) is 20.0 Å². The van der Waals surface area contributed by atoms with Gasteiger partial charge in [-0.15, -0.1) is 0 Å². The third-order valence-corrected chi connectivity index (χ3v) is 5.00. The first-order valence-electron chi connectivity index (χ1n) is 9.32. The zero-order valence-electron chi connectivity index (χ0n) is 16.5. The monoisotopic (exact) mass is 465 g/mol. The lowest BCUT2D eigenvalue weighted by Crippen LogP contribution is -2.24. The molecule has 1 N–H and O–H groups in total. The maximum Gasteiger partial charge on any atom is 0.338 e. The molecule has 30 heavy (non-hydrogen) atoms. The Morgan fingerprint density at radius 1 is 0.800 bits per heavy atom. The van der Waals surface area contributed by atoms with Gasteiger partial charge in [-0.05, 0) is 62.4 Å². The number of Topliss-reactive ketones (excluding diaryl/α,β-unsaturated/α-hetero) is 1. The average Bonchev–Trinajstić information content (AvgIpc) is 2.74. The summed E-state index contributed by atoms with van der Waals surface area (Å²) in [6.45, 7) is 3.48. The average molecular weight is 466 g/mol. The van der Waals surface area contributed by atoms with Crippen LogP contribution in [0.15, 0.2) is 77.3 Å². The number of esters is 1. The van der Waals surface area contributed by atoms with Gasteiger partial charge in [0.2, 0.25) is 5.78 Å². The van der Waals surface area contributed by atoms with Gasteiger partial charge in [0, 0.05) is 21.3 Å². The number of rotatable bonds is 6. The summed E-state index contributed by atoms with van der Waals surface area (Å²) < 4.78 is 6.19. The van der Waals surface area contributed by atoms with Crippen molar-refractivity contribution in [1.29, 1.82) is 0 Å². The van der Waals surface area contributed by atoms with Gasteiger partial charge < -0.3 is 10.1 Å². The van der Waals surface area contributed by atoms with E-state index in [0.717, 1.165) is 10.0 Å². The second-order valence-corrected chi connectivity index (χ2v) is 7.73. The van der Waals surface area contributed by atoms with Gasteiger partial charge in [-0.1, -0.05) is 45.8 Å². The number of aryl methyl sites for hydroxylation is 1. The summed E-state index contributed by atoms with van der Waals surface area (Å²) in [6.07, 6.45) is -0.906. The number of anilines is 1. The lowest BCUT2D eigenvalue weighted by atomic mass is 10.1. The number of hydrogen-bond donors (Lipinski definition) is 1. The van der Waals surface area contributed by atoms with Crippen LogP contribution in [0.2, 0.25) is 0 Å². The van der Waals surface area contributed by atoms with Crippen LogP contribution in [0.1, 0.15) is 43.6 Å². The molecule has 1 amide bonds. The van der Waals surface area contributed by atoms with Crippen molar-refractivity contribution in [2.24, 2.45) is 0 Å². The molecule has 5 nitrogen and oxygen atoms in total. The van der Waals surface area contributed by atoms with E-state index in [1.807, 2.05) is 19.1 Å². The highest BCUT2D eigenvalue weighted by molar-refractivity contribution is 9.10. The lowest BCUT2D eigenvalue weighted by molar-refractivity contribution is 0.0319. The van der Waals surface area contributed by atoms with Crippen molar-refractivity contribution in [3.63, 3.8) is 0 Å². The van der Waals surface area contributed by atoms with Gasteiger partial charge in [-0.3, -0.25) is 9.59 Å². The number of ketones is 1. The summed E-state index contributed by atoms with van der Waals surface area (Å²) in [6, 6.07) is 20.4. The Hall–Kier alpha value is -3.25. The molecule has 1 atom stereocenters. The third kappa shape index (κ3) is 5.42. The third-order valence-electron chi connectivity index (χ3n) is 4.47. The predicted molar refractivity (Wildman–Crippen MR) is 119 cm³/mol. The molecule has 0 aromatic heterocycles. The molecule has 3 aromatic rings. The molecule has 0 fully saturated rings. The van der Waals surface area contributed by atoms with Crippen LogP contribution in [0.5, 0.6) is 0 Å². The first-order chi connectivity index (χ1) is 14.3. The van der Waals surface area contributed by atoms with Gasteiger partial charge >= 0.3 is 5.97 Å². The van der Waals surface area contributed by atoms with Crippen LogP contribution in [-0.2, 0) is 4.74 Å². The maximum atomic E-state index is 12.4. The summed E-state index contributed by atoms with van der Waals surface area (Å²) >= 11 is 3.33. The normalized spacial score (nSPS) is 11.4. The summed E-state index contributed by atoms with van der Waals surface area (Å²) in [5.74, 6) is -1.12. The van der Waals surface area contributed by atoms with Gasteiger partial charge in [-0.2, -0.15) is 0 Å². The molecule has 0 aliphatic carbocycles. The lowest BCUT2D eigenvalue weighted by Gasteiger charge is -2.13. The summed E-state index contributed by atoms with van der Waals surface area (Å²) in [7, 11) is 0. The van der Waals surface area contributed by atoms with E-state index in [1.54, 1.807) is 67.6 Å². The SMILES string of the molecule is Cc1ccc(C(=O)[C@H](C)OC(=O)c2ccc(NC(=O)c3ccc(Br)cc3)cc2)cc1. The zero-order valence-corrected chi connectivity index (χ0v) is 18.1. The van der Waals surface area contributed by atoms with Crippen molar-refractivity contribution >= 4 is 39.3 Å². The number of ether oxygens (including phenoxy) is 1. The number of hydrogen-bond acceptors (Lipinski definition) is 4. The summed E-state index contributed by atoms with van der Waals surface area (Å²) in [5, 5.41) is 2.77. The second-order valence-electron chi connectivity index (χ2n) is 6.82. The Morgan fingerprint density at radius 2 is 1.33 bits per heavy atom. The highest BCUT2D eigenvalue weighted by atomic mass is 79.9. The van der Waals surface area contributed by atoms with Gasteiger partial charge in [0.25, 0.3) is 5.91 Å². The van der Waals surface area contributed by atoms with Crippen LogP contribution in [0.4, 0.5) is 5.69 Å². The minimum atomic E-state index is -0.906. The minimum absolute atomic E-state index is 0.254. The van der Waals surface area contributed by atoms with Crippen molar-refractivity contribution in [3.05, 3.63) is 99.5 Å². The van der Waals surface area contributed by atoms with Gasteiger partial charge in [-0.25, -0.2) is 4.79 Å². The molecule has 0 saturated carbocycles. The Bertz CT molecular complexity index is 1060.